The van der Waals surface area contributed by atoms with Crippen molar-refractivity contribution in [3.05, 3.63) is 0 Å². The predicted molar refractivity (Wildman–Crippen MR) is 60.7 cm³/mol. The molecule has 5 heteroatoms. The molecule has 2 amide bonds. The Bertz CT molecular complexity index is 349. The molecule has 1 saturated carbocycles. The molecule has 1 heterocycles. The van der Waals surface area contributed by atoms with Gasteiger partial charge in [-0.25, -0.2) is 0 Å². The fourth-order valence-electron chi connectivity index (χ4n) is 2.12. The number of nitrogens with one attached hydrogen (secondary N) is 1. The van der Waals surface area contributed by atoms with Crippen molar-refractivity contribution in [3.63, 3.8) is 0 Å². The summed E-state index contributed by atoms with van der Waals surface area (Å²) in [7, 11) is 0. The van der Waals surface area contributed by atoms with E-state index in [1.807, 2.05) is 6.07 Å². The summed E-state index contributed by atoms with van der Waals surface area (Å²) in [6.45, 7) is 1.30. The van der Waals surface area contributed by atoms with Crippen LogP contribution in [-0.4, -0.2) is 35.8 Å². The van der Waals surface area contributed by atoms with Gasteiger partial charge in [-0.1, -0.05) is 0 Å². The molecule has 92 valence electrons. The van der Waals surface area contributed by atoms with Crippen LogP contribution in [0.5, 0.6) is 0 Å². The summed E-state index contributed by atoms with van der Waals surface area (Å²) in [5, 5.41) is 11.5. The monoisotopic (exact) mass is 235 g/mol. The molecule has 0 aromatic rings. The van der Waals surface area contributed by atoms with E-state index in [-0.39, 0.29) is 30.2 Å². The van der Waals surface area contributed by atoms with Crippen LogP contribution < -0.4 is 5.32 Å². The molecule has 2 fully saturated rings. The lowest BCUT2D eigenvalue weighted by Crippen LogP contribution is -2.46. The quantitative estimate of drug-likeness (QED) is 0.770. The third-order valence-electron chi connectivity index (χ3n) is 3.37. The second kappa shape index (κ2) is 5.17. The fraction of sp³-hybridized carbons (Fsp3) is 0.750. The maximum atomic E-state index is 11.6. The van der Waals surface area contributed by atoms with Crippen LogP contribution in [-0.2, 0) is 9.59 Å². The van der Waals surface area contributed by atoms with E-state index in [0.29, 0.717) is 13.1 Å². The number of carbonyl (C=O) groups is 2. The van der Waals surface area contributed by atoms with Crippen molar-refractivity contribution in [2.45, 2.75) is 38.1 Å². The van der Waals surface area contributed by atoms with Gasteiger partial charge in [0.05, 0.1) is 6.07 Å². The fourth-order valence-corrected chi connectivity index (χ4v) is 2.12. The molecule has 0 aromatic heterocycles. The summed E-state index contributed by atoms with van der Waals surface area (Å²) < 4.78 is 0. The van der Waals surface area contributed by atoms with Crippen molar-refractivity contribution < 1.29 is 9.59 Å². The first kappa shape index (κ1) is 11.9. The number of amides is 2. The molecule has 2 rings (SSSR count). The van der Waals surface area contributed by atoms with Crippen molar-refractivity contribution in [2.24, 2.45) is 5.92 Å². The van der Waals surface area contributed by atoms with Gasteiger partial charge in [0, 0.05) is 25.0 Å². The Hall–Kier alpha value is -1.57. The third-order valence-corrected chi connectivity index (χ3v) is 3.37. The number of likely N-dealkylation sites (tertiary alicyclic amines) is 1. The largest absolute Gasteiger partial charge is 0.353 e. The van der Waals surface area contributed by atoms with E-state index in [4.69, 9.17) is 5.26 Å². The van der Waals surface area contributed by atoms with Crippen LogP contribution in [0.3, 0.4) is 0 Å². The third kappa shape index (κ3) is 3.19. The minimum Gasteiger partial charge on any atom is -0.353 e. The molecular formula is C12H17N3O2. The molecule has 1 aliphatic heterocycles. The van der Waals surface area contributed by atoms with E-state index in [1.54, 1.807) is 4.90 Å². The van der Waals surface area contributed by atoms with Crippen molar-refractivity contribution >= 4 is 11.8 Å². The molecule has 1 N–H and O–H groups in total. The molecule has 0 unspecified atom stereocenters. The highest BCUT2D eigenvalue weighted by Gasteiger charge is 2.32. The smallest absolute Gasteiger partial charge is 0.236 e. The molecule has 2 aliphatic rings. The van der Waals surface area contributed by atoms with Gasteiger partial charge in [0.2, 0.25) is 11.8 Å². The number of hydrogen-bond donors (Lipinski definition) is 1. The molecule has 0 aromatic carbocycles. The Morgan fingerprint density at radius 1 is 1.24 bits per heavy atom. The Balaban J connectivity index is 1.72. The topological polar surface area (TPSA) is 73.2 Å². The molecule has 0 spiro atoms. The SMILES string of the molecule is N#CCC(=O)N1CCC(NC(=O)C2CC2)CC1. The molecule has 1 saturated heterocycles. The van der Waals surface area contributed by atoms with Crippen LogP contribution in [0.25, 0.3) is 0 Å². The first-order valence-electron chi connectivity index (χ1n) is 6.16. The number of hydrogen-bond acceptors (Lipinski definition) is 3. The molecule has 1 aliphatic carbocycles. The average molecular weight is 235 g/mol. The first-order chi connectivity index (χ1) is 8.20. The molecule has 17 heavy (non-hydrogen) atoms. The van der Waals surface area contributed by atoms with Gasteiger partial charge in [-0.3, -0.25) is 9.59 Å². The Morgan fingerprint density at radius 2 is 1.88 bits per heavy atom. The average Bonchev–Trinajstić information content (AvgIpc) is 3.14. The van der Waals surface area contributed by atoms with E-state index >= 15 is 0 Å². The van der Waals surface area contributed by atoms with E-state index < -0.39 is 0 Å². The minimum atomic E-state index is -0.0977. The molecule has 0 bridgehead atoms. The van der Waals surface area contributed by atoms with Gasteiger partial charge < -0.3 is 10.2 Å². The first-order valence-corrected chi connectivity index (χ1v) is 6.16. The van der Waals surface area contributed by atoms with Gasteiger partial charge in [0.1, 0.15) is 6.42 Å². The summed E-state index contributed by atoms with van der Waals surface area (Å²) >= 11 is 0. The van der Waals surface area contributed by atoms with Gasteiger partial charge in [-0.15, -0.1) is 0 Å². The maximum absolute atomic E-state index is 11.6. The van der Waals surface area contributed by atoms with Crippen molar-refractivity contribution in [2.75, 3.05) is 13.1 Å². The van der Waals surface area contributed by atoms with Crippen LogP contribution >= 0.6 is 0 Å². The number of nitrogens with zero attached hydrogens (tertiary/aromatic N) is 2. The van der Waals surface area contributed by atoms with Crippen LogP contribution in [0.1, 0.15) is 32.1 Å². The highest BCUT2D eigenvalue weighted by atomic mass is 16.2. The number of nitriles is 1. The van der Waals surface area contributed by atoms with Crippen LogP contribution in [0.4, 0.5) is 0 Å². The lowest BCUT2D eigenvalue weighted by atomic mass is 10.0. The Labute approximate surface area is 101 Å². The summed E-state index contributed by atoms with van der Waals surface area (Å²) in [5.41, 5.74) is 0. The van der Waals surface area contributed by atoms with Gasteiger partial charge in [0.25, 0.3) is 0 Å². The lowest BCUT2D eigenvalue weighted by molar-refractivity contribution is -0.131. The van der Waals surface area contributed by atoms with Crippen LogP contribution in [0.15, 0.2) is 0 Å². The summed E-state index contributed by atoms with van der Waals surface area (Å²) in [5.74, 6) is 0.319. The van der Waals surface area contributed by atoms with Crippen molar-refractivity contribution in [3.8, 4) is 6.07 Å². The van der Waals surface area contributed by atoms with Crippen LogP contribution in [0, 0.1) is 17.2 Å². The van der Waals surface area contributed by atoms with Gasteiger partial charge >= 0.3 is 0 Å². The van der Waals surface area contributed by atoms with E-state index in [9.17, 15) is 9.59 Å². The van der Waals surface area contributed by atoms with Crippen molar-refractivity contribution in [1.82, 2.24) is 10.2 Å². The number of rotatable bonds is 3. The van der Waals surface area contributed by atoms with E-state index in [0.717, 1.165) is 25.7 Å². The summed E-state index contributed by atoms with van der Waals surface area (Å²) in [4.78, 5) is 24.7. The van der Waals surface area contributed by atoms with Crippen molar-refractivity contribution in [1.29, 1.82) is 5.26 Å². The highest BCUT2D eigenvalue weighted by molar-refractivity contribution is 5.81. The second-order valence-corrected chi connectivity index (χ2v) is 4.77. The van der Waals surface area contributed by atoms with E-state index in [2.05, 4.69) is 5.32 Å². The zero-order chi connectivity index (χ0) is 12.3. The normalized spacial score (nSPS) is 20.8. The Kier molecular flexibility index (Phi) is 3.62. The highest BCUT2D eigenvalue weighted by Crippen LogP contribution is 2.29. The van der Waals surface area contributed by atoms with Gasteiger partial charge in [-0.05, 0) is 25.7 Å². The maximum Gasteiger partial charge on any atom is 0.236 e. The predicted octanol–water partition coefficient (Wildman–Crippen LogP) is 0.417. The van der Waals surface area contributed by atoms with Gasteiger partial charge in [0.15, 0.2) is 0 Å². The summed E-state index contributed by atoms with van der Waals surface area (Å²) in [6, 6.07) is 2.07. The Morgan fingerprint density at radius 3 is 2.41 bits per heavy atom. The van der Waals surface area contributed by atoms with Gasteiger partial charge in [-0.2, -0.15) is 5.26 Å². The zero-order valence-electron chi connectivity index (χ0n) is 9.82. The molecule has 0 radical (unpaired) electrons. The van der Waals surface area contributed by atoms with E-state index in [1.165, 1.54) is 0 Å². The number of carbonyl (C=O) groups excluding carboxylic acids is 2. The standard InChI is InChI=1S/C12H17N3O2/c13-6-3-11(16)15-7-4-10(5-8-15)14-12(17)9-1-2-9/h9-10H,1-5,7-8H2,(H,14,17). The minimum absolute atomic E-state index is 0.0426. The second-order valence-electron chi connectivity index (χ2n) is 4.77. The zero-order valence-corrected chi connectivity index (χ0v) is 9.82. The molecular weight excluding hydrogens is 218 g/mol. The summed E-state index contributed by atoms with van der Waals surface area (Å²) in [6.07, 6.45) is 3.60. The molecule has 0 atom stereocenters. The lowest BCUT2D eigenvalue weighted by Gasteiger charge is -2.32. The molecule has 5 nitrogen and oxygen atoms in total. The van der Waals surface area contributed by atoms with Crippen LogP contribution in [0.2, 0.25) is 0 Å². The number of piperidine rings is 1.